The molecule has 90 valence electrons. The second kappa shape index (κ2) is 5.96. The Morgan fingerprint density at radius 1 is 1.56 bits per heavy atom. The Kier molecular flexibility index (Phi) is 4.30. The number of aromatic nitrogens is 2. The topological polar surface area (TPSA) is 60.2 Å². The molecule has 1 aliphatic heterocycles. The second-order valence-electron chi connectivity index (χ2n) is 4.23. The Hall–Kier alpha value is -0.940. The predicted molar refractivity (Wildman–Crippen MR) is 58.8 cm³/mol. The molecule has 0 saturated carbocycles. The summed E-state index contributed by atoms with van der Waals surface area (Å²) >= 11 is 0. The minimum atomic E-state index is 0.418. The molecule has 0 spiro atoms. The Balaban J connectivity index is 1.72. The third-order valence-electron chi connectivity index (χ3n) is 2.93. The molecule has 0 aliphatic carbocycles. The largest absolute Gasteiger partial charge is 0.378 e. The van der Waals surface area contributed by atoms with Gasteiger partial charge >= 0.3 is 0 Å². The van der Waals surface area contributed by atoms with Crippen molar-refractivity contribution in [1.82, 2.24) is 15.5 Å². The lowest BCUT2D eigenvalue weighted by Crippen LogP contribution is -2.38. The number of ether oxygens (including phenoxy) is 1. The number of nitrogens with one attached hydrogen (secondary N) is 1. The highest BCUT2D eigenvalue weighted by molar-refractivity contribution is 4.82. The summed E-state index contributed by atoms with van der Waals surface area (Å²) in [7, 11) is 0. The molecule has 0 radical (unpaired) electrons. The lowest BCUT2D eigenvalue weighted by atomic mass is 10.0. The van der Waals surface area contributed by atoms with Crippen molar-refractivity contribution in [3.8, 4) is 0 Å². The van der Waals surface area contributed by atoms with Crippen LogP contribution in [0.2, 0.25) is 0 Å². The van der Waals surface area contributed by atoms with E-state index in [0.717, 1.165) is 31.7 Å². The summed E-state index contributed by atoms with van der Waals surface area (Å²) in [5.41, 5.74) is 0. The number of hydrogen-bond donors (Lipinski definition) is 1. The van der Waals surface area contributed by atoms with Crippen LogP contribution in [0.15, 0.2) is 10.9 Å². The maximum Gasteiger partial charge on any atom is 0.213 e. The van der Waals surface area contributed by atoms with Crippen LogP contribution in [0.5, 0.6) is 0 Å². The number of nitrogens with zero attached hydrogens (tertiary/aromatic N) is 2. The predicted octanol–water partition coefficient (Wildman–Crippen LogP) is 1.51. The van der Waals surface area contributed by atoms with E-state index in [4.69, 9.17) is 4.74 Å². The fourth-order valence-corrected chi connectivity index (χ4v) is 2.09. The van der Waals surface area contributed by atoms with Crippen molar-refractivity contribution >= 4 is 0 Å². The van der Waals surface area contributed by atoms with Crippen molar-refractivity contribution < 1.29 is 9.26 Å². The van der Waals surface area contributed by atoms with Crippen molar-refractivity contribution in [1.29, 1.82) is 0 Å². The fraction of sp³-hybridized carbons (Fsp3) is 0.818. The van der Waals surface area contributed by atoms with Gasteiger partial charge in [-0.05, 0) is 19.3 Å². The van der Waals surface area contributed by atoms with Gasteiger partial charge in [0.25, 0.3) is 0 Å². The first kappa shape index (κ1) is 11.5. The van der Waals surface area contributed by atoms with Crippen LogP contribution < -0.4 is 5.32 Å². The van der Waals surface area contributed by atoms with E-state index < -0.39 is 0 Å². The van der Waals surface area contributed by atoms with Crippen LogP contribution in [-0.2, 0) is 11.3 Å². The SMILES string of the molecule is CCCC1CC(NCc2ncon2)CCO1. The molecule has 0 amide bonds. The first-order chi connectivity index (χ1) is 7.88. The Labute approximate surface area is 95.6 Å². The first-order valence-corrected chi connectivity index (χ1v) is 5.98. The van der Waals surface area contributed by atoms with E-state index >= 15 is 0 Å². The molecule has 2 heterocycles. The molecule has 5 heteroatoms. The molecule has 0 aromatic carbocycles. The highest BCUT2D eigenvalue weighted by Crippen LogP contribution is 2.17. The van der Waals surface area contributed by atoms with E-state index in [-0.39, 0.29) is 0 Å². The Morgan fingerprint density at radius 2 is 2.50 bits per heavy atom. The average Bonchev–Trinajstić information content (AvgIpc) is 2.80. The van der Waals surface area contributed by atoms with Gasteiger partial charge in [0.05, 0.1) is 12.6 Å². The zero-order chi connectivity index (χ0) is 11.2. The zero-order valence-electron chi connectivity index (χ0n) is 9.69. The summed E-state index contributed by atoms with van der Waals surface area (Å²) in [6.07, 6.45) is 6.27. The maximum absolute atomic E-state index is 5.70. The van der Waals surface area contributed by atoms with Crippen LogP contribution in [0.1, 0.15) is 38.4 Å². The zero-order valence-corrected chi connectivity index (χ0v) is 9.69. The van der Waals surface area contributed by atoms with Crippen molar-refractivity contribution in [3.05, 3.63) is 12.2 Å². The van der Waals surface area contributed by atoms with Crippen LogP contribution in [0.25, 0.3) is 0 Å². The van der Waals surface area contributed by atoms with Crippen molar-refractivity contribution in [2.75, 3.05) is 6.61 Å². The summed E-state index contributed by atoms with van der Waals surface area (Å²) in [6, 6.07) is 0.517. The number of hydrogen-bond acceptors (Lipinski definition) is 5. The lowest BCUT2D eigenvalue weighted by Gasteiger charge is -2.29. The maximum atomic E-state index is 5.70. The molecule has 1 saturated heterocycles. The smallest absolute Gasteiger partial charge is 0.213 e. The first-order valence-electron chi connectivity index (χ1n) is 5.98. The van der Waals surface area contributed by atoms with Crippen LogP contribution >= 0.6 is 0 Å². The summed E-state index contributed by atoms with van der Waals surface area (Å²) < 4.78 is 10.4. The normalized spacial score (nSPS) is 25.8. The third-order valence-corrected chi connectivity index (χ3v) is 2.93. The molecule has 16 heavy (non-hydrogen) atoms. The molecule has 5 nitrogen and oxygen atoms in total. The van der Waals surface area contributed by atoms with Crippen molar-refractivity contribution in [2.45, 2.75) is 51.3 Å². The monoisotopic (exact) mass is 225 g/mol. The van der Waals surface area contributed by atoms with E-state index in [1.54, 1.807) is 0 Å². The Bertz CT molecular complexity index is 287. The quantitative estimate of drug-likeness (QED) is 0.823. The molecule has 2 rings (SSSR count). The van der Waals surface area contributed by atoms with Crippen LogP contribution in [-0.4, -0.2) is 28.9 Å². The minimum Gasteiger partial charge on any atom is -0.378 e. The summed E-state index contributed by atoms with van der Waals surface area (Å²) in [5, 5.41) is 7.22. The van der Waals surface area contributed by atoms with Gasteiger partial charge in [0.2, 0.25) is 6.39 Å². The highest BCUT2D eigenvalue weighted by Gasteiger charge is 2.21. The average molecular weight is 225 g/mol. The van der Waals surface area contributed by atoms with E-state index in [1.165, 1.54) is 12.8 Å². The van der Waals surface area contributed by atoms with Gasteiger partial charge in [-0.2, -0.15) is 4.98 Å². The van der Waals surface area contributed by atoms with E-state index in [0.29, 0.717) is 18.7 Å². The van der Waals surface area contributed by atoms with Gasteiger partial charge in [0, 0.05) is 12.6 Å². The third kappa shape index (κ3) is 3.28. The van der Waals surface area contributed by atoms with E-state index in [1.807, 2.05) is 0 Å². The van der Waals surface area contributed by atoms with Crippen molar-refractivity contribution in [3.63, 3.8) is 0 Å². The molecule has 2 unspecified atom stereocenters. The van der Waals surface area contributed by atoms with Gasteiger partial charge in [-0.15, -0.1) is 0 Å². The standard InChI is InChI=1S/C11H19N3O2/c1-2-3-10-6-9(4-5-15-10)12-7-11-13-8-16-14-11/h8-10,12H,2-7H2,1H3. The molecular formula is C11H19N3O2. The van der Waals surface area contributed by atoms with Gasteiger partial charge in [-0.1, -0.05) is 18.5 Å². The molecule has 1 N–H and O–H groups in total. The van der Waals surface area contributed by atoms with E-state index in [9.17, 15) is 0 Å². The van der Waals surface area contributed by atoms with Crippen LogP contribution in [0, 0.1) is 0 Å². The van der Waals surface area contributed by atoms with Gasteiger partial charge in [0.1, 0.15) is 0 Å². The lowest BCUT2D eigenvalue weighted by molar-refractivity contribution is -0.00355. The highest BCUT2D eigenvalue weighted by atomic mass is 16.5. The molecule has 1 aromatic rings. The molecule has 1 aliphatic rings. The summed E-state index contributed by atoms with van der Waals surface area (Å²) in [5.74, 6) is 0.721. The molecule has 1 aromatic heterocycles. The van der Waals surface area contributed by atoms with Crippen LogP contribution in [0.4, 0.5) is 0 Å². The van der Waals surface area contributed by atoms with Crippen molar-refractivity contribution in [2.24, 2.45) is 0 Å². The van der Waals surface area contributed by atoms with Crippen LogP contribution in [0.3, 0.4) is 0 Å². The molecule has 2 atom stereocenters. The number of rotatable bonds is 5. The van der Waals surface area contributed by atoms with Gasteiger partial charge < -0.3 is 14.6 Å². The second-order valence-corrected chi connectivity index (χ2v) is 4.23. The summed E-state index contributed by atoms with van der Waals surface area (Å²) in [4.78, 5) is 3.98. The fourth-order valence-electron chi connectivity index (χ4n) is 2.09. The van der Waals surface area contributed by atoms with E-state index in [2.05, 4.69) is 26.9 Å². The Morgan fingerprint density at radius 3 is 3.25 bits per heavy atom. The van der Waals surface area contributed by atoms with Gasteiger partial charge in [0.15, 0.2) is 5.82 Å². The molecule has 1 fully saturated rings. The van der Waals surface area contributed by atoms with Gasteiger partial charge in [-0.3, -0.25) is 0 Å². The summed E-state index contributed by atoms with van der Waals surface area (Å²) in [6.45, 7) is 3.73. The molecule has 0 bridgehead atoms. The minimum absolute atomic E-state index is 0.418. The van der Waals surface area contributed by atoms with Gasteiger partial charge in [-0.25, -0.2) is 0 Å². The molecular weight excluding hydrogens is 206 g/mol.